The summed E-state index contributed by atoms with van der Waals surface area (Å²) in [6.45, 7) is 3.91. The molecule has 0 unspecified atom stereocenters. The van der Waals surface area contributed by atoms with E-state index < -0.39 is 0 Å². The summed E-state index contributed by atoms with van der Waals surface area (Å²) in [6, 6.07) is 10.3. The van der Waals surface area contributed by atoms with E-state index in [1.165, 1.54) is 6.07 Å². The molecular weight excluding hydrogens is 278 g/mol. The van der Waals surface area contributed by atoms with Gasteiger partial charge in [0, 0.05) is 5.56 Å². The van der Waals surface area contributed by atoms with Crippen LogP contribution in [0.4, 0.5) is 8.78 Å². The largest absolute Gasteiger partial charge is 0.207 e. The fraction of sp³-hybridized carbons (Fsp3) is 0.350. The van der Waals surface area contributed by atoms with Gasteiger partial charge in [-0.15, -0.1) is 0 Å². The van der Waals surface area contributed by atoms with Crippen LogP contribution in [0.2, 0.25) is 0 Å². The van der Waals surface area contributed by atoms with Crippen LogP contribution in [0.1, 0.15) is 49.7 Å². The van der Waals surface area contributed by atoms with Crippen molar-refractivity contribution in [3.8, 4) is 11.1 Å². The van der Waals surface area contributed by atoms with E-state index in [9.17, 15) is 8.78 Å². The molecule has 2 aromatic rings. The number of rotatable bonds is 2. The van der Waals surface area contributed by atoms with E-state index in [1.54, 1.807) is 37.1 Å². The van der Waals surface area contributed by atoms with E-state index in [4.69, 9.17) is 0 Å². The highest BCUT2D eigenvalue weighted by Gasteiger charge is 2.21. The van der Waals surface area contributed by atoms with Crippen molar-refractivity contribution >= 4 is 0 Å². The maximum absolute atomic E-state index is 14.5. The summed E-state index contributed by atoms with van der Waals surface area (Å²) in [6.07, 6.45) is 4.47. The molecule has 0 nitrogen and oxygen atoms in total. The van der Waals surface area contributed by atoms with Gasteiger partial charge < -0.3 is 0 Å². The third kappa shape index (κ3) is 3.06. The van der Waals surface area contributed by atoms with E-state index in [0.29, 0.717) is 22.6 Å². The van der Waals surface area contributed by atoms with Crippen LogP contribution in [-0.2, 0) is 0 Å². The fourth-order valence-electron chi connectivity index (χ4n) is 3.22. The van der Waals surface area contributed by atoms with Crippen LogP contribution in [0.15, 0.2) is 36.4 Å². The number of benzene rings is 2. The summed E-state index contributed by atoms with van der Waals surface area (Å²) in [5.74, 6) is 1.44. The second-order valence-electron chi connectivity index (χ2n) is 6.43. The number of hydrogen-bond donors (Lipinski definition) is 0. The lowest BCUT2D eigenvalue weighted by Gasteiger charge is -2.26. The summed E-state index contributed by atoms with van der Waals surface area (Å²) < 4.78 is 28.2. The summed E-state index contributed by atoms with van der Waals surface area (Å²) >= 11 is 0. The molecule has 1 aliphatic rings. The maximum atomic E-state index is 14.5. The van der Waals surface area contributed by atoms with Gasteiger partial charge in [0.25, 0.3) is 0 Å². The van der Waals surface area contributed by atoms with E-state index >= 15 is 0 Å². The molecule has 3 rings (SSSR count). The Balaban J connectivity index is 1.87. The van der Waals surface area contributed by atoms with E-state index in [0.717, 1.165) is 31.2 Å². The molecule has 0 atom stereocenters. The molecule has 1 fully saturated rings. The van der Waals surface area contributed by atoms with Crippen molar-refractivity contribution in [2.75, 3.05) is 0 Å². The van der Waals surface area contributed by atoms with Crippen LogP contribution in [0.5, 0.6) is 0 Å². The van der Waals surface area contributed by atoms with Crippen LogP contribution < -0.4 is 0 Å². The van der Waals surface area contributed by atoms with Crippen LogP contribution in [0, 0.1) is 24.5 Å². The van der Waals surface area contributed by atoms with Gasteiger partial charge in [-0.25, -0.2) is 8.78 Å². The normalized spacial score (nSPS) is 16.9. The molecule has 2 aromatic carbocycles. The van der Waals surface area contributed by atoms with Crippen molar-refractivity contribution in [1.29, 1.82) is 0 Å². The van der Waals surface area contributed by atoms with Gasteiger partial charge in [-0.1, -0.05) is 31.2 Å². The van der Waals surface area contributed by atoms with Gasteiger partial charge >= 0.3 is 0 Å². The monoisotopic (exact) mass is 299 g/mol. The first-order valence-electron chi connectivity index (χ1n) is 7.92. The predicted molar refractivity (Wildman–Crippen MR) is 86.7 cm³/mol. The molecule has 0 spiro atoms. The van der Waals surface area contributed by atoms with Crippen molar-refractivity contribution in [1.82, 2.24) is 0 Å². The van der Waals surface area contributed by atoms with Crippen LogP contribution in [0.25, 0.3) is 11.1 Å². The molecule has 0 heterocycles. The molecular formula is C20H21F2. The Labute approximate surface area is 131 Å². The van der Waals surface area contributed by atoms with Crippen molar-refractivity contribution in [2.24, 2.45) is 0 Å². The Morgan fingerprint density at radius 2 is 1.59 bits per heavy atom. The SMILES string of the molecule is C[C]1CCC(c2ccc(-c3ccc(C)c(F)c3)c(F)c2)CC1. The van der Waals surface area contributed by atoms with Crippen LogP contribution in [-0.4, -0.2) is 0 Å². The van der Waals surface area contributed by atoms with Crippen LogP contribution >= 0.6 is 0 Å². The van der Waals surface area contributed by atoms with Crippen molar-refractivity contribution in [3.05, 3.63) is 65.1 Å². The van der Waals surface area contributed by atoms with E-state index in [1.807, 2.05) is 6.07 Å². The minimum atomic E-state index is -0.292. The first kappa shape index (κ1) is 15.2. The molecule has 0 aromatic heterocycles. The molecule has 1 radical (unpaired) electrons. The van der Waals surface area contributed by atoms with Gasteiger partial charge in [-0.3, -0.25) is 0 Å². The van der Waals surface area contributed by atoms with Gasteiger partial charge in [0.1, 0.15) is 11.6 Å². The Kier molecular flexibility index (Phi) is 4.28. The lowest BCUT2D eigenvalue weighted by atomic mass is 9.79. The van der Waals surface area contributed by atoms with Gasteiger partial charge in [0.15, 0.2) is 0 Å². The maximum Gasteiger partial charge on any atom is 0.131 e. The van der Waals surface area contributed by atoms with Gasteiger partial charge in [0.2, 0.25) is 0 Å². The van der Waals surface area contributed by atoms with Crippen LogP contribution in [0.3, 0.4) is 0 Å². The van der Waals surface area contributed by atoms with Crippen molar-refractivity contribution in [2.45, 2.75) is 45.4 Å². The predicted octanol–water partition coefficient (Wildman–Crippen LogP) is 6.19. The smallest absolute Gasteiger partial charge is 0.131 e. The molecule has 115 valence electrons. The van der Waals surface area contributed by atoms with E-state index in [-0.39, 0.29) is 11.6 Å². The van der Waals surface area contributed by atoms with Gasteiger partial charge in [0.05, 0.1) is 0 Å². The molecule has 1 aliphatic carbocycles. The second kappa shape index (κ2) is 6.20. The summed E-state index contributed by atoms with van der Waals surface area (Å²) in [4.78, 5) is 0. The molecule has 22 heavy (non-hydrogen) atoms. The second-order valence-corrected chi connectivity index (χ2v) is 6.43. The zero-order valence-corrected chi connectivity index (χ0v) is 13.1. The first-order valence-corrected chi connectivity index (χ1v) is 7.92. The highest BCUT2D eigenvalue weighted by molar-refractivity contribution is 5.65. The fourth-order valence-corrected chi connectivity index (χ4v) is 3.22. The summed E-state index contributed by atoms with van der Waals surface area (Å²) in [5, 5.41) is 0. The number of halogens is 2. The highest BCUT2D eigenvalue weighted by atomic mass is 19.1. The highest BCUT2D eigenvalue weighted by Crippen LogP contribution is 2.37. The average molecular weight is 299 g/mol. The van der Waals surface area contributed by atoms with Crippen molar-refractivity contribution < 1.29 is 8.78 Å². The topological polar surface area (TPSA) is 0 Å². The molecule has 0 amide bonds. The Hall–Kier alpha value is -1.70. The number of aryl methyl sites for hydroxylation is 1. The van der Waals surface area contributed by atoms with Gasteiger partial charge in [-0.2, -0.15) is 0 Å². The lowest BCUT2D eigenvalue weighted by Crippen LogP contribution is -2.09. The standard InChI is InChI=1S/C20H21F2/c1-13-3-6-15(7-4-13)16-9-10-18(20(22)11-16)17-8-5-14(2)19(21)12-17/h5,8-12,15H,3-4,6-7H2,1-2H3. The quantitative estimate of drug-likeness (QED) is 0.620. The Morgan fingerprint density at radius 1 is 0.864 bits per heavy atom. The molecule has 0 aliphatic heterocycles. The van der Waals surface area contributed by atoms with Gasteiger partial charge in [-0.05, 0) is 73.3 Å². The zero-order valence-electron chi connectivity index (χ0n) is 13.1. The third-order valence-electron chi connectivity index (χ3n) is 4.79. The first-order chi connectivity index (χ1) is 10.5. The minimum Gasteiger partial charge on any atom is -0.207 e. The number of hydrogen-bond acceptors (Lipinski definition) is 0. The lowest BCUT2D eigenvalue weighted by molar-refractivity contribution is 0.470. The zero-order chi connectivity index (χ0) is 15.7. The Bertz CT molecular complexity index is 667. The third-order valence-corrected chi connectivity index (χ3v) is 4.79. The molecule has 0 saturated heterocycles. The minimum absolute atomic E-state index is 0.257. The molecule has 0 bridgehead atoms. The van der Waals surface area contributed by atoms with E-state index in [2.05, 4.69) is 6.92 Å². The molecule has 2 heteroatoms. The summed E-state index contributed by atoms with van der Waals surface area (Å²) in [7, 11) is 0. The Morgan fingerprint density at radius 3 is 2.23 bits per heavy atom. The summed E-state index contributed by atoms with van der Waals surface area (Å²) in [5.41, 5.74) is 2.72. The average Bonchev–Trinajstić information content (AvgIpc) is 2.51. The molecule has 0 N–H and O–H groups in total. The van der Waals surface area contributed by atoms with Crippen molar-refractivity contribution in [3.63, 3.8) is 0 Å². The molecule has 1 saturated carbocycles.